The molecule has 8 nitrogen and oxygen atoms in total. The number of nitrogens with zero attached hydrogens (tertiary/aromatic N) is 2. The number of esters is 1. The van der Waals surface area contributed by atoms with Crippen molar-refractivity contribution in [3.8, 4) is 17.2 Å². The van der Waals surface area contributed by atoms with E-state index < -0.39 is 12.0 Å². The van der Waals surface area contributed by atoms with E-state index >= 15 is 0 Å². The molecule has 2 aromatic carbocycles. The van der Waals surface area contributed by atoms with Gasteiger partial charge in [0.25, 0.3) is 5.56 Å². The average Bonchev–Trinajstić information content (AvgIpc) is 3.17. The van der Waals surface area contributed by atoms with Gasteiger partial charge in [0.15, 0.2) is 16.3 Å². The first-order valence-corrected chi connectivity index (χ1v) is 11.8. The average molecular weight is 495 g/mol. The molecule has 1 atom stereocenters. The second-order valence-electron chi connectivity index (χ2n) is 7.63. The largest absolute Gasteiger partial charge is 0.496 e. The molecule has 0 aliphatic carbocycles. The molecule has 0 spiro atoms. The van der Waals surface area contributed by atoms with E-state index in [4.69, 9.17) is 18.9 Å². The molecule has 0 amide bonds. The van der Waals surface area contributed by atoms with Crippen molar-refractivity contribution in [3.05, 3.63) is 84.5 Å². The summed E-state index contributed by atoms with van der Waals surface area (Å²) in [5, 5.41) is 0. The highest BCUT2D eigenvalue weighted by atomic mass is 32.1. The number of hydrogen-bond donors (Lipinski definition) is 0. The molecule has 1 unspecified atom stereocenters. The van der Waals surface area contributed by atoms with E-state index in [1.807, 2.05) is 30.3 Å². The molecule has 1 aromatic heterocycles. The Balaban J connectivity index is 2.00. The minimum atomic E-state index is -0.754. The number of carbonyl (C=O) groups is 1. The quantitative estimate of drug-likeness (QED) is 0.470. The van der Waals surface area contributed by atoms with Gasteiger partial charge in [-0.25, -0.2) is 9.79 Å². The van der Waals surface area contributed by atoms with E-state index in [1.165, 1.54) is 15.9 Å². The van der Waals surface area contributed by atoms with Crippen molar-refractivity contribution in [2.45, 2.75) is 19.9 Å². The maximum Gasteiger partial charge on any atom is 0.338 e. The van der Waals surface area contributed by atoms with E-state index in [2.05, 4.69) is 4.99 Å². The topological polar surface area (TPSA) is 88.4 Å². The molecule has 35 heavy (non-hydrogen) atoms. The molecular weight excluding hydrogens is 468 g/mol. The number of rotatable bonds is 7. The second kappa shape index (κ2) is 10.2. The SMILES string of the molecule is CCOC(=O)C1=C(C)N=c2s/c(=C/c3cccc(OC)c3OC)c(=O)n2C1c1ccccc1OC. The lowest BCUT2D eigenvalue weighted by Crippen LogP contribution is -2.40. The zero-order valence-corrected chi connectivity index (χ0v) is 21.0. The summed E-state index contributed by atoms with van der Waals surface area (Å²) in [4.78, 5) is 31.9. The van der Waals surface area contributed by atoms with Crippen LogP contribution in [-0.4, -0.2) is 38.5 Å². The van der Waals surface area contributed by atoms with Gasteiger partial charge in [-0.2, -0.15) is 0 Å². The van der Waals surface area contributed by atoms with Crippen molar-refractivity contribution in [2.75, 3.05) is 27.9 Å². The van der Waals surface area contributed by atoms with Gasteiger partial charge in [-0.15, -0.1) is 0 Å². The van der Waals surface area contributed by atoms with Crippen LogP contribution in [0.15, 0.2) is 63.5 Å². The molecule has 9 heteroatoms. The number of aromatic nitrogens is 1. The van der Waals surface area contributed by atoms with Gasteiger partial charge in [-0.1, -0.05) is 41.7 Å². The van der Waals surface area contributed by atoms with Crippen LogP contribution in [0.4, 0.5) is 0 Å². The monoisotopic (exact) mass is 494 g/mol. The summed E-state index contributed by atoms with van der Waals surface area (Å²) < 4.78 is 23.8. The molecule has 1 aliphatic rings. The highest BCUT2D eigenvalue weighted by Gasteiger charge is 2.35. The second-order valence-corrected chi connectivity index (χ2v) is 8.64. The molecule has 0 saturated heterocycles. The van der Waals surface area contributed by atoms with Gasteiger partial charge < -0.3 is 18.9 Å². The summed E-state index contributed by atoms with van der Waals surface area (Å²) in [7, 11) is 4.66. The van der Waals surface area contributed by atoms with Crippen molar-refractivity contribution in [2.24, 2.45) is 4.99 Å². The van der Waals surface area contributed by atoms with Crippen LogP contribution in [0.3, 0.4) is 0 Å². The zero-order chi connectivity index (χ0) is 25.1. The lowest BCUT2D eigenvalue weighted by atomic mass is 9.95. The van der Waals surface area contributed by atoms with E-state index in [0.29, 0.717) is 49.0 Å². The predicted molar refractivity (Wildman–Crippen MR) is 133 cm³/mol. The maximum absolute atomic E-state index is 13.8. The first-order valence-electron chi connectivity index (χ1n) is 11.0. The Morgan fingerprint density at radius 2 is 1.77 bits per heavy atom. The van der Waals surface area contributed by atoms with Gasteiger partial charge in [0, 0.05) is 11.1 Å². The predicted octanol–water partition coefficient (Wildman–Crippen LogP) is 2.82. The van der Waals surface area contributed by atoms with Gasteiger partial charge >= 0.3 is 5.97 Å². The van der Waals surface area contributed by atoms with Crippen LogP contribution in [0, 0.1) is 0 Å². The van der Waals surface area contributed by atoms with E-state index in [9.17, 15) is 9.59 Å². The van der Waals surface area contributed by atoms with Crippen LogP contribution in [0.25, 0.3) is 6.08 Å². The molecular formula is C26H26N2O6S. The molecule has 1 aliphatic heterocycles. The number of allylic oxidation sites excluding steroid dienone is 1. The minimum Gasteiger partial charge on any atom is -0.496 e. The smallest absolute Gasteiger partial charge is 0.338 e. The summed E-state index contributed by atoms with van der Waals surface area (Å²) in [6.07, 6.45) is 1.74. The van der Waals surface area contributed by atoms with Crippen LogP contribution in [0.2, 0.25) is 0 Å². The molecule has 0 bridgehead atoms. The van der Waals surface area contributed by atoms with E-state index in [-0.39, 0.29) is 12.2 Å². The lowest BCUT2D eigenvalue weighted by molar-refractivity contribution is -0.139. The van der Waals surface area contributed by atoms with Crippen LogP contribution in [0.1, 0.15) is 31.0 Å². The first kappa shape index (κ1) is 24.3. The summed E-state index contributed by atoms with van der Waals surface area (Å²) in [6, 6.07) is 12.0. The van der Waals surface area contributed by atoms with Gasteiger partial charge in [-0.3, -0.25) is 9.36 Å². The van der Waals surface area contributed by atoms with Crippen LogP contribution < -0.4 is 29.1 Å². The zero-order valence-electron chi connectivity index (χ0n) is 20.2. The van der Waals surface area contributed by atoms with Crippen LogP contribution in [0.5, 0.6) is 17.2 Å². The van der Waals surface area contributed by atoms with E-state index in [1.54, 1.807) is 53.4 Å². The van der Waals surface area contributed by atoms with Crippen molar-refractivity contribution >= 4 is 23.4 Å². The highest BCUT2D eigenvalue weighted by molar-refractivity contribution is 7.07. The highest BCUT2D eigenvalue weighted by Crippen LogP contribution is 2.36. The number of ether oxygens (including phenoxy) is 4. The van der Waals surface area contributed by atoms with Crippen LogP contribution in [-0.2, 0) is 9.53 Å². The first-order chi connectivity index (χ1) is 16.9. The van der Waals surface area contributed by atoms with E-state index in [0.717, 1.165) is 0 Å². The fraction of sp³-hybridized carbons (Fsp3) is 0.269. The number of hydrogen-bond acceptors (Lipinski definition) is 8. The molecule has 182 valence electrons. The maximum atomic E-state index is 13.8. The minimum absolute atomic E-state index is 0.203. The van der Waals surface area contributed by atoms with Crippen molar-refractivity contribution in [3.63, 3.8) is 0 Å². The third-order valence-corrected chi connectivity index (χ3v) is 6.65. The summed E-state index contributed by atoms with van der Waals surface area (Å²) >= 11 is 1.24. The van der Waals surface area contributed by atoms with Crippen molar-refractivity contribution in [1.29, 1.82) is 0 Å². The summed E-state index contributed by atoms with van der Waals surface area (Å²) in [5.41, 5.74) is 1.86. The van der Waals surface area contributed by atoms with Gasteiger partial charge in [-0.05, 0) is 32.1 Å². The Labute approximate surface area is 206 Å². The number of benzene rings is 2. The van der Waals surface area contributed by atoms with Gasteiger partial charge in [0.1, 0.15) is 11.8 Å². The summed E-state index contributed by atoms with van der Waals surface area (Å²) in [6.45, 7) is 3.69. The molecule has 4 rings (SSSR count). The Hall–Kier alpha value is -3.85. The fourth-order valence-electron chi connectivity index (χ4n) is 4.14. The number of methoxy groups -OCH3 is 3. The van der Waals surface area contributed by atoms with Gasteiger partial charge in [0.2, 0.25) is 0 Å². The number of carbonyl (C=O) groups excluding carboxylic acids is 1. The summed E-state index contributed by atoms with van der Waals surface area (Å²) in [5.74, 6) is 1.11. The Bertz CT molecular complexity index is 1480. The van der Waals surface area contributed by atoms with Gasteiger partial charge in [0.05, 0.1) is 43.7 Å². The molecule has 0 fully saturated rings. The van der Waals surface area contributed by atoms with Crippen LogP contribution >= 0.6 is 11.3 Å². The number of fused-ring (bicyclic) bond motifs is 1. The Kier molecular flexibility index (Phi) is 7.07. The number of para-hydroxylation sites is 2. The van der Waals surface area contributed by atoms with Crippen molar-refractivity contribution in [1.82, 2.24) is 4.57 Å². The standard InChI is InChI=1S/C26H26N2O6S/c1-6-34-25(30)21-15(2)27-26-28(22(21)17-11-7-8-12-18(17)31-3)24(29)20(35-26)14-16-10-9-13-19(32-4)23(16)33-5/h7-14,22H,6H2,1-5H3/b20-14+. The molecule has 0 radical (unpaired) electrons. The molecule has 3 aromatic rings. The molecule has 0 N–H and O–H groups in total. The normalized spacial score (nSPS) is 15.3. The molecule has 2 heterocycles. The fourth-order valence-corrected chi connectivity index (χ4v) is 5.18. The third kappa shape index (κ3) is 4.35. The Morgan fingerprint density at radius 3 is 2.46 bits per heavy atom. The third-order valence-electron chi connectivity index (χ3n) is 5.67. The van der Waals surface area contributed by atoms with Crippen molar-refractivity contribution < 1.29 is 23.7 Å². The number of thiazole rings is 1. The lowest BCUT2D eigenvalue weighted by Gasteiger charge is -2.25. The Morgan fingerprint density at radius 1 is 1.06 bits per heavy atom. The molecule has 0 saturated carbocycles.